The Kier molecular flexibility index (Phi) is 6.00. The molecular weight excluding hydrogens is 252 g/mol. The van der Waals surface area contributed by atoms with E-state index < -0.39 is 0 Å². The molecule has 0 aromatic carbocycles. The maximum atomic E-state index is 4.69. The lowest BCUT2D eigenvalue weighted by Gasteiger charge is -2.26. The normalized spacial score (nSPS) is 14.1. The Balaban J connectivity index is 2.63. The molecule has 3 heteroatoms. The molecule has 0 fully saturated rings. The van der Waals surface area contributed by atoms with Crippen LogP contribution in [0.5, 0.6) is 0 Å². The minimum atomic E-state index is 0.198. The van der Waals surface area contributed by atoms with Crippen molar-refractivity contribution in [1.29, 1.82) is 0 Å². The zero-order valence-electron chi connectivity index (χ0n) is 13.6. The Bertz CT molecular complexity index is 368. The van der Waals surface area contributed by atoms with Crippen molar-refractivity contribution in [3.8, 4) is 0 Å². The number of rotatable bonds is 6. The predicted octanol–water partition coefficient (Wildman–Crippen LogP) is 4.35. The molecule has 2 nitrogen and oxygen atoms in total. The monoisotopic (exact) mass is 282 g/mol. The highest BCUT2D eigenvalue weighted by Crippen LogP contribution is 2.23. The molecule has 1 heterocycles. The average molecular weight is 282 g/mol. The van der Waals surface area contributed by atoms with Crippen molar-refractivity contribution in [3.63, 3.8) is 0 Å². The number of aromatic nitrogens is 1. The van der Waals surface area contributed by atoms with E-state index in [9.17, 15) is 0 Å². The van der Waals surface area contributed by atoms with E-state index in [1.54, 1.807) is 0 Å². The van der Waals surface area contributed by atoms with E-state index in [0.717, 1.165) is 18.9 Å². The topological polar surface area (TPSA) is 24.9 Å². The molecule has 1 unspecified atom stereocenters. The maximum Gasteiger partial charge on any atom is 0.0934 e. The molecule has 1 aromatic rings. The minimum absolute atomic E-state index is 0.198. The first-order valence-electron chi connectivity index (χ1n) is 7.35. The van der Waals surface area contributed by atoms with Gasteiger partial charge in [0.05, 0.1) is 10.7 Å². The van der Waals surface area contributed by atoms with Crippen LogP contribution in [-0.2, 0) is 6.42 Å². The smallest absolute Gasteiger partial charge is 0.0934 e. The van der Waals surface area contributed by atoms with E-state index in [-0.39, 0.29) is 5.54 Å². The van der Waals surface area contributed by atoms with E-state index in [1.807, 2.05) is 11.3 Å². The molecule has 0 bridgehead atoms. The maximum absolute atomic E-state index is 4.69. The van der Waals surface area contributed by atoms with Gasteiger partial charge in [0.25, 0.3) is 0 Å². The van der Waals surface area contributed by atoms with Crippen molar-refractivity contribution in [1.82, 2.24) is 10.3 Å². The fourth-order valence-electron chi connectivity index (χ4n) is 2.23. The van der Waals surface area contributed by atoms with Crippen molar-refractivity contribution in [2.75, 3.05) is 6.54 Å². The van der Waals surface area contributed by atoms with Crippen LogP contribution in [0.2, 0.25) is 0 Å². The van der Waals surface area contributed by atoms with Gasteiger partial charge in [0.2, 0.25) is 0 Å². The van der Waals surface area contributed by atoms with Crippen molar-refractivity contribution in [2.24, 2.45) is 11.8 Å². The third-order valence-corrected chi connectivity index (χ3v) is 4.36. The molecular formula is C16H30N2S. The standard InChI is InChI=1S/C16H30N2S/c1-11(2)8-14(10-17-16(5,6)7)9-15-18-12(3)13(4)19-15/h11,14,17H,8-10H2,1-7H3. The van der Waals surface area contributed by atoms with Gasteiger partial charge in [0, 0.05) is 16.8 Å². The van der Waals surface area contributed by atoms with E-state index in [4.69, 9.17) is 4.98 Å². The molecule has 19 heavy (non-hydrogen) atoms. The fraction of sp³-hybridized carbons (Fsp3) is 0.812. The molecule has 0 aliphatic rings. The van der Waals surface area contributed by atoms with Crippen LogP contribution in [0.25, 0.3) is 0 Å². The number of nitrogens with one attached hydrogen (secondary N) is 1. The number of nitrogens with zero attached hydrogens (tertiary/aromatic N) is 1. The van der Waals surface area contributed by atoms with E-state index in [2.05, 4.69) is 53.8 Å². The van der Waals surface area contributed by atoms with Crippen LogP contribution in [0.15, 0.2) is 0 Å². The second kappa shape index (κ2) is 6.85. The van der Waals surface area contributed by atoms with Gasteiger partial charge in [-0.15, -0.1) is 11.3 Å². The lowest BCUT2D eigenvalue weighted by Crippen LogP contribution is -2.39. The number of aryl methyl sites for hydroxylation is 2. The largest absolute Gasteiger partial charge is 0.312 e. The highest BCUT2D eigenvalue weighted by Gasteiger charge is 2.17. The molecule has 0 saturated heterocycles. The van der Waals surface area contributed by atoms with Crippen molar-refractivity contribution < 1.29 is 0 Å². The lowest BCUT2D eigenvalue weighted by molar-refractivity contribution is 0.331. The first-order valence-corrected chi connectivity index (χ1v) is 8.17. The number of hydrogen-bond donors (Lipinski definition) is 1. The molecule has 110 valence electrons. The van der Waals surface area contributed by atoms with Crippen molar-refractivity contribution in [2.45, 2.75) is 66.8 Å². The third-order valence-electron chi connectivity index (χ3n) is 3.26. The summed E-state index contributed by atoms with van der Waals surface area (Å²) in [4.78, 5) is 6.06. The van der Waals surface area contributed by atoms with Gasteiger partial charge >= 0.3 is 0 Å². The molecule has 1 rings (SSSR count). The predicted molar refractivity (Wildman–Crippen MR) is 86.0 cm³/mol. The minimum Gasteiger partial charge on any atom is -0.312 e. The summed E-state index contributed by atoms with van der Waals surface area (Å²) in [6.07, 6.45) is 2.38. The molecule has 0 amide bonds. The van der Waals surface area contributed by atoms with Crippen molar-refractivity contribution in [3.05, 3.63) is 15.6 Å². The summed E-state index contributed by atoms with van der Waals surface area (Å²) in [5, 5.41) is 4.95. The molecule has 1 aromatic heterocycles. The summed E-state index contributed by atoms with van der Waals surface area (Å²) in [5.74, 6) is 1.43. The summed E-state index contributed by atoms with van der Waals surface area (Å²) in [6.45, 7) is 16.7. The summed E-state index contributed by atoms with van der Waals surface area (Å²) < 4.78 is 0. The SMILES string of the molecule is Cc1nc(CC(CNC(C)(C)C)CC(C)C)sc1C. The Morgan fingerprint density at radius 3 is 2.26 bits per heavy atom. The van der Waals surface area contributed by atoms with Gasteiger partial charge in [-0.05, 0) is 59.4 Å². The van der Waals surface area contributed by atoms with Crippen molar-refractivity contribution >= 4 is 11.3 Å². The highest BCUT2D eigenvalue weighted by molar-refractivity contribution is 7.11. The van der Waals surface area contributed by atoms with Gasteiger partial charge in [-0.2, -0.15) is 0 Å². The first-order chi connectivity index (χ1) is 8.67. The Labute approximate surface area is 123 Å². The number of hydrogen-bond acceptors (Lipinski definition) is 3. The van der Waals surface area contributed by atoms with Gasteiger partial charge in [0.15, 0.2) is 0 Å². The lowest BCUT2D eigenvalue weighted by atomic mass is 9.93. The zero-order valence-corrected chi connectivity index (χ0v) is 14.4. The van der Waals surface area contributed by atoms with Crippen LogP contribution in [0, 0.1) is 25.7 Å². The third kappa shape index (κ3) is 6.53. The zero-order chi connectivity index (χ0) is 14.6. The van der Waals surface area contributed by atoms with Crippen LogP contribution in [0.3, 0.4) is 0 Å². The Hall–Kier alpha value is -0.410. The van der Waals surface area contributed by atoms with E-state index >= 15 is 0 Å². The van der Waals surface area contributed by atoms with Crippen LogP contribution in [-0.4, -0.2) is 17.1 Å². The summed E-state index contributed by atoms with van der Waals surface area (Å²) in [7, 11) is 0. The first kappa shape index (κ1) is 16.6. The fourth-order valence-corrected chi connectivity index (χ4v) is 3.28. The highest BCUT2D eigenvalue weighted by atomic mass is 32.1. The molecule has 0 aliphatic carbocycles. The summed E-state index contributed by atoms with van der Waals surface area (Å²) >= 11 is 1.86. The molecule has 1 atom stereocenters. The van der Waals surface area contributed by atoms with Gasteiger partial charge < -0.3 is 5.32 Å². The van der Waals surface area contributed by atoms with E-state index in [0.29, 0.717) is 5.92 Å². The molecule has 0 radical (unpaired) electrons. The molecule has 0 spiro atoms. The Morgan fingerprint density at radius 1 is 1.21 bits per heavy atom. The molecule has 1 N–H and O–H groups in total. The van der Waals surface area contributed by atoms with Gasteiger partial charge in [-0.25, -0.2) is 4.98 Å². The van der Waals surface area contributed by atoms with Gasteiger partial charge in [-0.3, -0.25) is 0 Å². The second-order valence-corrected chi connectivity index (χ2v) is 8.37. The van der Waals surface area contributed by atoms with E-state index in [1.165, 1.54) is 22.0 Å². The molecule has 0 saturated carbocycles. The number of thiazole rings is 1. The van der Waals surface area contributed by atoms with Gasteiger partial charge in [-0.1, -0.05) is 13.8 Å². The average Bonchev–Trinajstić information content (AvgIpc) is 2.53. The molecule has 0 aliphatic heterocycles. The second-order valence-electron chi connectivity index (χ2n) is 7.08. The van der Waals surface area contributed by atoms with Crippen LogP contribution < -0.4 is 5.32 Å². The summed E-state index contributed by atoms with van der Waals surface area (Å²) in [5.41, 5.74) is 1.40. The quantitative estimate of drug-likeness (QED) is 0.839. The van der Waals surface area contributed by atoms with Crippen LogP contribution >= 0.6 is 11.3 Å². The summed E-state index contributed by atoms with van der Waals surface area (Å²) in [6, 6.07) is 0. The Morgan fingerprint density at radius 2 is 1.84 bits per heavy atom. The van der Waals surface area contributed by atoms with Crippen LogP contribution in [0.4, 0.5) is 0 Å². The van der Waals surface area contributed by atoms with Crippen LogP contribution in [0.1, 0.15) is 56.6 Å². The van der Waals surface area contributed by atoms with Gasteiger partial charge in [0.1, 0.15) is 0 Å².